The number of halogens is 1. The summed E-state index contributed by atoms with van der Waals surface area (Å²) in [6.45, 7) is 3.67. The molecule has 3 rings (SSSR count). The Kier molecular flexibility index (Phi) is 5.94. The zero-order valence-electron chi connectivity index (χ0n) is 15.4. The summed E-state index contributed by atoms with van der Waals surface area (Å²) in [5, 5.41) is 3.53. The Morgan fingerprint density at radius 2 is 1.96 bits per heavy atom. The quantitative estimate of drug-likeness (QED) is 0.634. The molecule has 138 valence electrons. The van der Waals surface area contributed by atoms with E-state index < -0.39 is 0 Å². The molecule has 1 aliphatic carbocycles. The number of ether oxygens (including phenoxy) is 1. The zero-order chi connectivity index (χ0) is 17.7. The first kappa shape index (κ1) is 18.2. The van der Waals surface area contributed by atoms with Crippen LogP contribution < -0.4 is 5.32 Å². The summed E-state index contributed by atoms with van der Waals surface area (Å²) >= 11 is 0. The number of hydrogen-bond donors (Lipinski definition) is 1. The lowest BCUT2D eigenvalue weighted by molar-refractivity contribution is 0.0625. The standard InChI is InChI=1S/C20H30FN3O/c1-22-19(24(2)12-7-16-8-13-25-14-9-16)23-15-20(10-11-20)17-3-5-18(21)6-4-17/h3-6,16H,7-15H2,1-2H3,(H,22,23). The number of rotatable bonds is 6. The van der Waals surface area contributed by atoms with Crippen LogP contribution in [0, 0.1) is 11.7 Å². The molecule has 0 aromatic heterocycles. The van der Waals surface area contributed by atoms with Crippen molar-refractivity contribution in [3.8, 4) is 0 Å². The monoisotopic (exact) mass is 347 g/mol. The molecule has 1 saturated heterocycles. The van der Waals surface area contributed by atoms with Gasteiger partial charge in [0.05, 0.1) is 0 Å². The average molecular weight is 347 g/mol. The van der Waals surface area contributed by atoms with Crippen LogP contribution in [0.2, 0.25) is 0 Å². The summed E-state index contributed by atoms with van der Waals surface area (Å²) in [5.74, 6) is 1.54. The van der Waals surface area contributed by atoms with E-state index in [1.807, 2.05) is 19.2 Å². The third kappa shape index (κ3) is 4.72. The van der Waals surface area contributed by atoms with Gasteiger partial charge in [-0.1, -0.05) is 12.1 Å². The molecule has 1 aromatic rings. The second-order valence-corrected chi connectivity index (χ2v) is 7.45. The number of nitrogens with one attached hydrogen (secondary N) is 1. The van der Waals surface area contributed by atoms with Crippen molar-refractivity contribution in [1.82, 2.24) is 10.2 Å². The molecule has 0 unspecified atom stereocenters. The third-order valence-electron chi connectivity index (χ3n) is 5.68. The molecule has 2 fully saturated rings. The van der Waals surface area contributed by atoms with Crippen molar-refractivity contribution in [3.05, 3.63) is 35.6 Å². The number of hydrogen-bond acceptors (Lipinski definition) is 2. The summed E-state index contributed by atoms with van der Waals surface area (Å²) in [6, 6.07) is 6.96. The van der Waals surface area contributed by atoms with Gasteiger partial charge in [-0.05, 0) is 55.7 Å². The van der Waals surface area contributed by atoms with Crippen LogP contribution in [0.3, 0.4) is 0 Å². The molecule has 0 atom stereocenters. The molecule has 2 aliphatic rings. The van der Waals surface area contributed by atoms with Gasteiger partial charge in [0.2, 0.25) is 0 Å². The molecule has 1 heterocycles. The van der Waals surface area contributed by atoms with Crippen LogP contribution in [0.4, 0.5) is 4.39 Å². The lowest BCUT2D eigenvalue weighted by atomic mass is 9.96. The lowest BCUT2D eigenvalue weighted by Gasteiger charge is -2.28. The van der Waals surface area contributed by atoms with Gasteiger partial charge in [-0.15, -0.1) is 0 Å². The Balaban J connectivity index is 1.49. The molecule has 1 saturated carbocycles. The number of aliphatic imine (C=N–C) groups is 1. The fraction of sp³-hybridized carbons (Fsp3) is 0.650. The van der Waals surface area contributed by atoms with Gasteiger partial charge in [0, 0.05) is 45.8 Å². The Hall–Kier alpha value is -1.62. The van der Waals surface area contributed by atoms with Crippen LogP contribution in [0.25, 0.3) is 0 Å². The summed E-state index contributed by atoms with van der Waals surface area (Å²) in [4.78, 5) is 6.66. The van der Waals surface area contributed by atoms with Crippen LogP contribution in [0.15, 0.2) is 29.3 Å². The second-order valence-electron chi connectivity index (χ2n) is 7.45. The molecule has 5 heteroatoms. The van der Waals surface area contributed by atoms with Gasteiger partial charge >= 0.3 is 0 Å². The molecule has 1 N–H and O–H groups in total. The second kappa shape index (κ2) is 8.17. The zero-order valence-corrected chi connectivity index (χ0v) is 15.4. The highest BCUT2D eigenvalue weighted by molar-refractivity contribution is 5.79. The number of guanidine groups is 1. The molecule has 0 bridgehead atoms. The molecule has 1 aliphatic heterocycles. The van der Waals surface area contributed by atoms with Crippen LogP contribution in [0.1, 0.15) is 37.7 Å². The lowest BCUT2D eigenvalue weighted by Crippen LogP contribution is -2.43. The van der Waals surface area contributed by atoms with Gasteiger partial charge in [0.15, 0.2) is 5.96 Å². The molecular formula is C20H30FN3O. The smallest absolute Gasteiger partial charge is 0.193 e. The predicted molar refractivity (Wildman–Crippen MR) is 99.5 cm³/mol. The van der Waals surface area contributed by atoms with Gasteiger partial charge < -0.3 is 15.0 Å². The van der Waals surface area contributed by atoms with E-state index in [2.05, 4.69) is 22.3 Å². The molecule has 0 amide bonds. The van der Waals surface area contributed by atoms with E-state index in [4.69, 9.17) is 4.74 Å². The van der Waals surface area contributed by atoms with Crippen LogP contribution >= 0.6 is 0 Å². The largest absolute Gasteiger partial charge is 0.381 e. The van der Waals surface area contributed by atoms with Crippen LogP contribution in [-0.2, 0) is 10.2 Å². The van der Waals surface area contributed by atoms with Gasteiger partial charge in [-0.3, -0.25) is 4.99 Å². The SMILES string of the molecule is CN=C(NCC1(c2ccc(F)cc2)CC1)N(C)CCC1CCOCC1. The van der Waals surface area contributed by atoms with E-state index in [1.165, 1.54) is 24.8 Å². The van der Waals surface area contributed by atoms with Crippen molar-refractivity contribution in [2.24, 2.45) is 10.9 Å². The van der Waals surface area contributed by atoms with Gasteiger partial charge in [0.25, 0.3) is 0 Å². The van der Waals surface area contributed by atoms with E-state index in [-0.39, 0.29) is 11.2 Å². The van der Waals surface area contributed by atoms with Crippen LogP contribution in [0.5, 0.6) is 0 Å². The van der Waals surface area contributed by atoms with Gasteiger partial charge in [-0.2, -0.15) is 0 Å². The number of benzene rings is 1. The minimum atomic E-state index is -0.170. The van der Waals surface area contributed by atoms with Crippen molar-refractivity contribution < 1.29 is 9.13 Å². The first-order valence-corrected chi connectivity index (χ1v) is 9.38. The van der Waals surface area contributed by atoms with E-state index in [1.54, 1.807) is 12.1 Å². The Bertz CT molecular complexity index is 577. The van der Waals surface area contributed by atoms with E-state index >= 15 is 0 Å². The van der Waals surface area contributed by atoms with E-state index in [0.717, 1.165) is 51.0 Å². The van der Waals surface area contributed by atoms with Crippen molar-refractivity contribution in [2.45, 2.75) is 37.5 Å². The molecule has 0 radical (unpaired) electrons. The Morgan fingerprint density at radius 1 is 1.28 bits per heavy atom. The molecule has 4 nitrogen and oxygen atoms in total. The maximum atomic E-state index is 13.2. The van der Waals surface area contributed by atoms with E-state index in [0.29, 0.717) is 0 Å². The minimum absolute atomic E-state index is 0.144. The average Bonchev–Trinajstić information content (AvgIpc) is 3.43. The van der Waals surface area contributed by atoms with Gasteiger partial charge in [0.1, 0.15) is 5.82 Å². The predicted octanol–water partition coefficient (Wildman–Crippen LogP) is 3.18. The summed E-state index contributed by atoms with van der Waals surface area (Å²) in [6.07, 6.45) is 5.83. The number of nitrogens with zero attached hydrogens (tertiary/aromatic N) is 2. The summed E-state index contributed by atoms with van der Waals surface area (Å²) in [7, 11) is 3.94. The first-order valence-electron chi connectivity index (χ1n) is 9.38. The van der Waals surface area contributed by atoms with Crippen LogP contribution in [-0.4, -0.2) is 51.3 Å². The van der Waals surface area contributed by atoms with Crippen molar-refractivity contribution >= 4 is 5.96 Å². The highest BCUT2D eigenvalue weighted by Gasteiger charge is 2.44. The highest BCUT2D eigenvalue weighted by atomic mass is 19.1. The molecule has 1 aromatic carbocycles. The summed E-state index contributed by atoms with van der Waals surface area (Å²) in [5.41, 5.74) is 1.37. The Morgan fingerprint density at radius 3 is 2.56 bits per heavy atom. The normalized spacial score (nSPS) is 20.4. The van der Waals surface area contributed by atoms with Crippen molar-refractivity contribution in [3.63, 3.8) is 0 Å². The summed E-state index contributed by atoms with van der Waals surface area (Å²) < 4.78 is 18.6. The fourth-order valence-corrected chi connectivity index (χ4v) is 3.67. The minimum Gasteiger partial charge on any atom is -0.381 e. The first-order chi connectivity index (χ1) is 12.1. The van der Waals surface area contributed by atoms with Gasteiger partial charge in [-0.25, -0.2) is 4.39 Å². The fourth-order valence-electron chi connectivity index (χ4n) is 3.67. The topological polar surface area (TPSA) is 36.9 Å². The molecule has 25 heavy (non-hydrogen) atoms. The third-order valence-corrected chi connectivity index (χ3v) is 5.68. The maximum absolute atomic E-state index is 13.2. The Labute approximate surface area is 150 Å². The molecule has 0 spiro atoms. The molecular weight excluding hydrogens is 317 g/mol. The van der Waals surface area contributed by atoms with Crippen molar-refractivity contribution in [1.29, 1.82) is 0 Å². The van der Waals surface area contributed by atoms with Crippen molar-refractivity contribution in [2.75, 3.05) is 40.4 Å². The highest BCUT2D eigenvalue weighted by Crippen LogP contribution is 2.47. The maximum Gasteiger partial charge on any atom is 0.193 e. The van der Waals surface area contributed by atoms with E-state index in [9.17, 15) is 4.39 Å².